The van der Waals surface area contributed by atoms with Crippen LogP contribution in [0.25, 0.3) is 0 Å². The molecule has 0 aliphatic heterocycles. The summed E-state index contributed by atoms with van der Waals surface area (Å²) >= 11 is 0. The molecule has 0 spiro atoms. The van der Waals surface area contributed by atoms with Gasteiger partial charge in [-0.05, 0) is 13.8 Å². The van der Waals surface area contributed by atoms with Crippen LogP contribution in [0.3, 0.4) is 0 Å². The molecule has 14 heavy (non-hydrogen) atoms. The third-order valence-corrected chi connectivity index (χ3v) is 2.16. The number of nitrogens with one attached hydrogen (secondary N) is 1. The minimum absolute atomic E-state index is 0.251. The van der Waals surface area contributed by atoms with E-state index in [1.165, 1.54) is 9.13 Å². The summed E-state index contributed by atoms with van der Waals surface area (Å²) in [6.45, 7) is 4.61. The second-order valence-corrected chi connectivity index (χ2v) is 2.91. The van der Waals surface area contributed by atoms with E-state index in [0.717, 1.165) is 0 Å². The van der Waals surface area contributed by atoms with Crippen molar-refractivity contribution in [3.8, 4) is 0 Å². The highest BCUT2D eigenvalue weighted by molar-refractivity contribution is 5.37. The van der Waals surface area contributed by atoms with E-state index in [4.69, 9.17) is 0 Å². The quantitative estimate of drug-likeness (QED) is 0.747. The van der Waals surface area contributed by atoms with E-state index in [0.29, 0.717) is 18.8 Å². The first-order chi connectivity index (χ1) is 6.65. The van der Waals surface area contributed by atoms with E-state index < -0.39 is 0 Å². The lowest BCUT2D eigenvalue weighted by molar-refractivity contribution is 0.590. The van der Waals surface area contributed by atoms with Crippen LogP contribution >= 0.6 is 0 Å². The van der Waals surface area contributed by atoms with Crippen molar-refractivity contribution in [2.75, 3.05) is 12.4 Å². The molecular weight excluding hydrogens is 182 g/mol. The Balaban J connectivity index is 3.56. The summed E-state index contributed by atoms with van der Waals surface area (Å²) in [4.78, 5) is 23.2. The van der Waals surface area contributed by atoms with Gasteiger partial charge in [0.15, 0.2) is 0 Å². The number of hydrogen-bond acceptors (Lipinski definition) is 3. The zero-order chi connectivity index (χ0) is 10.7. The summed E-state index contributed by atoms with van der Waals surface area (Å²) in [5, 5.41) is 2.78. The second kappa shape index (κ2) is 4.13. The number of nitrogens with zero attached hydrogens (tertiary/aromatic N) is 2. The molecule has 1 aromatic heterocycles. The fourth-order valence-electron chi connectivity index (χ4n) is 1.33. The van der Waals surface area contributed by atoms with Gasteiger partial charge in [0.1, 0.15) is 5.69 Å². The molecule has 78 valence electrons. The van der Waals surface area contributed by atoms with Crippen LogP contribution in [0.1, 0.15) is 13.8 Å². The Kier molecular flexibility index (Phi) is 3.11. The first-order valence-electron chi connectivity index (χ1n) is 4.67. The minimum Gasteiger partial charge on any atom is -0.382 e. The smallest absolute Gasteiger partial charge is 0.331 e. The number of anilines is 1. The molecule has 1 aromatic rings. The largest absolute Gasteiger partial charge is 0.382 e. The Morgan fingerprint density at radius 1 is 1.29 bits per heavy atom. The van der Waals surface area contributed by atoms with Gasteiger partial charge in [0, 0.05) is 26.3 Å². The summed E-state index contributed by atoms with van der Waals surface area (Å²) in [7, 11) is 1.67. The van der Waals surface area contributed by atoms with Crippen LogP contribution in [0.4, 0.5) is 5.69 Å². The van der Waals surface area contributed by atoms with Crippen LogP contribution in [0.2, 0.25) is 0 Å². The van der Waals surface area contributed by atoms with Crippen molar-refractivity contribution in [1.29, 1.82) is 0 Å². The lowest BCUT2D eigenvalue weighted by Gasteiger charge is -2.09. The predicted molar refractivity (Wildman–Crippen MR) is 55.9 cm³/mol. The minimum atomic E-state index is -0.260. The zero-order valence-electron chi connectivity index (χ0n) is 8.70. The van der Waals surface area contributed by atoms with Gasteiger partial charge in [-0.25, -0.2) is 4.79 Å². The Morgan fingerprint density at radius 2 is 1.93 bits per heavy atom. The fraction of sp³-hybridized carbons (Fsp3) is 0.556. The number of hydrogen-bond donors (Lipinski definition) is 1. The van der Waals surface area contributed by atoms with Gasteiger partial charge in [-0.1, -0.05) is 0 Å². The first kappa shape index (κ1) is 10.6. The van der Waals surface area contributed by atoms with Crippen molar-refractivity contribution >= 4 is 5.69 Å². The van der Waals surface area contributed by atoms with Gasteiger partial charge in [-0.2, -0.15) is 0 Å². The third kappa shape index (κ3) is 1.57. The maximum Gasteiger partial charge on any atom is 0.331 e. The Morgan fingerprint density at radius 3 is 2.36 bits per heavy atom. The van der Waals surface area contributed by atoms with Crippen LogP contribution in [-0.4, -0.2) is 16.2 Å². The van der Waals surface area contributed by atoms with Crippen LogP contribution < -0.4 is 16.6 Å². The van der Waals surface area contributed by atoms with Gasteiger partial charge < -0.3 is 5.32 Å². The van der Waals surface area contributed by atoms with Gasteiger partial charge in [0.2, 0.25) is 0 Å². The standard InChI is InChI=1S/C9H15N3O2/c1-4-11-6-7(10-3)8(13)12(5-2)9(11)14/h6,10H,4-5H2,1-3H3. The van der Waals surface area contributed by atoms with Crippen molar-refractivity contribution in [3.63, 3.8) is 0 Å². The molecule has 0 atom stereocenters. The van der Waals surface area contributed by atoms with E-state index in [1.54, 1.807) is 20.2 Å². The van der Waals surface area contributed by atoms with Crippen LogP contribution in [0.15, 0.2) is 15.8 Å². The summed E-state index contributed by atoms with van der Waals surface area (Å²) in [6, 6.07) is 0. The lowest BCUT2D eigenvalue weighted by Crippen LogP contribution is -2.39. The molecule has 5 nitrogen and oxygen atoms in total. The van der Waals surface area contributed by atoms with Crippen LogP contribution in [-0.2, 0) is 13.1 Å². The van der Waals surface area contributed by atoms with Gasteiger partial charge in [-0.15, -0.1) is 0 Å². The van der Waals surface area contributed by atoms with Gasteiger partial charge in [-0.3, -0.25) is 13.9 Å². The van der Waals surface area contributed by atoms with E-state index in [1.807, 2.05) is 6.92 Å². The molecule has 0 aromatic carbocycles. The first-order valence-corrected chi connectivity index (χ1v) is 4.67. The molecule has 0 bridgehead atoms. The van der Waals surface area contributed by atoms with Crippen molar-refractivity contribution in [2.45, 2.75) is 26.9 Å². The zero-order valence-corrected chi connectivity index (χ0v) is 8.70. The molecule has 1 heterocycles. The topological polar surface area (TPSA) is 56.0 Å². The molecule has 0 aliphatic carbocycles. The molecule has 0 saturated heterocycles. The highest BCUT2D eigenvalue weighted by atomic mass is 16.2. The molecule has 0 aliphatic rings. The lowest BCUT2D eigenvalue weighted by atomic mass is 10.4. The molecule has 0 saturated carbocycles. The van der Waals surface area contributed by atoms with Crippen molar-refractivity contribution in [3.05, 3.63) is 27.0 Å². The average molecular weight is 197 g/mol. The highest BCUT2D eigenvalue weighted by Crippen LogP contribution is 1.94. The van der Waals surface area contributed by atoms with Crippen LogP contribution in [0, 0.1) is 0 Å². The predicted octanol–water partition coefficient (Wildman–Crippen LogP) is 0.0915. The maximum atomic E-state index is 11.6. The third-order valence-electron chi connectivity index (χ3n) is 2.16. The molecule has 0 radical (unpaired) electrons. The number of aryl methyl sites for hydroxylation is 1. The van der Waals surface area contributed by atoms with E-state index in [-0.39, 0.29) is 11.2 Å². The summed E-state index contributed by atoms with van der Waals surface area (Å²) < 4.78 is 2.73. The van der Waals surface area contributed by atoms with Gasteiger partial charge >= 0.3 is 5.69 Å². The normalized spacial score (nSPS) is 10.2. The monoisotopic (exact) mass is 197 g/mol. The Labute approximate surface area is 82.0 Å². The van der Waals surface area contributed by atoms with Crippen molar-refractivity contribution in [2.24, 2.45) is 0 Å². The molecule has 1 N–H and O–H groups in total. The summed E-state index contributed by atoms with van der Waals surface area (Å²) in [5.41, 5.74) is -0.0583. The maximum absolute atomic E-state index is 11.6. The number of aromatic nitrogens is 2. The average Bonchev–Trinajstić information content (AvgIpc) is 2.19. The molecular formula is C9H15N3O2. The molecule has 5 heteroatoms. The van der Waals surface area contributed by atoms with Crippen molar-refractivity contribution in [1.82, 2.24) is 9.13 Å². The van der Waals surface area contributed by atoms with E-state index in [2.05, 4.69) is 5.32 Å². The SMILES string of the molecule is CCn1cc(NC)c(=O)n(CC)c1=O. The van der Waals surface area contributed by atoms with Gasteiger partial charge in [0.25, 0.3) is 5.56 Å². The summed E-state index contributed by atoms with van der Waals surface area (Å²) in [5.74, 6) is 0. The summed E-state index contributed by atoms with van der Waals surface area (Å²) in [6.07, 6.45) is 1.55. The second-order valence-electron chi connectivity index (χ2n) is 2.91. The van der Waals surface area contributed by atoms with Crippen molar-refractivity contribution < 1.29 is 0 Å². The molecule has 0 amide bonds. The number of rotatable bonds is 3. The molecule has 0 fully saturated rings. The Hall–Kier alpha value is -1.52. The fourth-order valence-corrected chi connectivity index (χ4v) is 1.33. The highest BCUT2D eigenvalue weighted by Gasteiger charge is 2.07. The molecule has 1 rings (SSSR count). The van der Waals surface area contributed by atoms with E-state index >= 15 is 0 Å². The molecule has 0 unspecified atom stereocenters. The Bertz CT molecular complexity index is 394. The van der Waals surface area contributed by atoms with Crippen LogP contribution in [0.5, 0.6) is 0 Å². The van der Waals surface area contributed by atoms with Gasteiger partial charge in [0.05, 0.1) is 0 Å². The van der Waals surface area contributed by atoms with E-state index in [9.17, 15) is 9.59 Å².